The lowest BCUT2D eigenvalue weighted by Crippen LogP contribution is -2.34. The fraction of sp³-hybridized carbons (Fsp3) is 0.391. The Hall–Kier alpha value is -2.12. The van der Waals surface area contributed by atoms with Crippen LogP contribution in [0.3, 0.4) is 0 Å². The third-order valence-electron chi connectivity index (χ3n) is 4.57. The summed E-state index contributed by atoms with van der Waals surface area (Å²) >= 11 is 0. The molecule has 0 bridgehead atoms. The van der Waals surface area contributed by atoms with E-state index in [1.807, 2.05) is 30.3 Å². The van der Waals surface area contributed by atoms with Crippen LogP contribution in [0.4, 0.5) is 0 Å². The van der Waals surface area contributed by atoms with Gasteiger partial charge in [-0.15, -0.1) is 0 Å². The molecule has 1 atom stereocenters. The van der Waals surface area contributed by atoms with Crippen LogP contribution in [0.15, 0.2) is 54.6 Å². The first-order valence-electron chi connectivity index (χ1n) is 9.30. The standard InChI is InChI=1S/C23H28N2O/c1-24(2)16-21-17-25(14-15-26-19-21)18-23-11-7-6-10-22(23)13-12-20-8-4-3-5-9-20/h3-11,21H,14-19H2,1-2H3. The molecule has 26 heavy (non-hydrogen) atoms. The molecule has 0 radical (unpaired) electrons. The summed E-state index contributed by atoms with van der Waals surface area (Å²) in [4.78, 5) is 4.75. The van der Waals surface area contributed by atoms with Gasteiger partial charge in [-0.1, -0.05) is 48.2 Å². The highest BCUT2D eigenvalue weighted by Crippen LogP contribution is 2.15. The molecule has 0 amide bonds. The second-order valence-corrected chi connectivity index (χ2v) is 7.21. The van der Waals surface area contributed by atoms with Crippen LogP contribution in [0.1, 0.15) is 16.7 Å². The molecule has 0 saturated carbocycles. The first-order valence-corrected chi connectivity index (χ1v) is 9.30. The topological polar surface area (TPSA) is 15.7 Å². The van der Waals surface area contributed by atoms with E-state index in [4.69, 9.17) is 4.74 Å². The van der Waals surface area contributed by atoms with Crippen molar-refractivity contribution in [1.29, 1.82) is 0 Å². The lowest BCUT2D eigenvalue weighted by atomic mass is 10.1. The molecular formula is C23H28N2O. The number of hydrogen-bond acceptors (Lipinski definition) is 3. The van der Waals surface area contributed by atoms with Gasteiger partial charge >= 0.3 is 0 Å². The van der Waals surface area contributed by atoms with E-state index < -0.39 is 0 Å². The molecule has 3 heteroatoms. The third kappa shape index (κ3) is 5.71. The van der Waals surface area contributed by atoms with Crippen molar-refractivity contribution in [2.24, 2.45) is 5.92 Å². The van der Waals surface area contributed by atoms with Gasteiger partial charge in [0.05, 0.1) is 13.2 Å². The van der Waals surface area contributed by atoms with Crippen LogP contribution in [0.25, 0.3) is 0 Å². The van der Waals surface area contributed by atoms with Crippen molar-refractivity contribution in [2.45, 2.75) is 6.54 Å². The van der Waals surface area contributed by atoms with Crippen LogP contribution >= 0.6 is 0 Å². The Labute approximate surface area is 157 Å². The average Bonchev–Trinajstić information content (AvgIpc) is 2.86. The maximum atomic E-state index is 5.82. The molecule has 3 nitrogen and oxygen atoms in total. The molecule has 2 aromatic rings. The van der Waals surface area contributed by atoms with E-state index in [-0.39, 0.29) is 0 Å². The quantitative estimate of drug-likeness (QED) is 0.790. The summed E-state index contributed by atoms with van der Waals surface area (Å²) in [6.07, 6.45) is 0. The zero-order valence-electron chi connectivity index (χ0n) is 15.8. The van der Waals surface area contributed by atoms with Gasteiger partial charge in [0.25, 0.3) is 0 Å². The second-order valence-electron chi connectivity index (χ2n) is 7.21. The van der Waals surface area contributed by atoms with Gasteiger partial charge in [0.1, 0.15) is 0 Å². The number of ether oxygens (including phenoxy) is 1. The van der Waals surface area contributed by atoms with Gasteiger partial charge in [-0.2, -0.15) is 0 Å². The summed E-state index contributed by atoms with van der Waals surface area (Å²) in [6.45, 7) is 5.69. The van der Waals surface area contributed by atoms with Crippen molar-refractivity contribution in [3.8, 4) is 11.8 Å². The van der Waals surface area contributed by atoms with E-state index in [0.29, 0.717) is 5.92 Å². The Kier molecular flexibility index (Phi) is 6.85. The van der Waals surface area contributed by atoms with Crippen molar-refractivity contribution in [2.75, 3.05) is 46.9 Å². The minimum Gasteiger partial charge on any atom is -0.380 e. The monoisotopic (exact) mass is 348 g/mol. The summed E-state index contributed by atoms with van der Waals surface area (Å²) in [5.41, 5.74) is 3.46. The smallest absolute Gasteiger partial charge is 0.0593 e. The van der Waals surface area contributed by atoms with E-state index in [9.17, 15) is 0 Å². The van der Waals surface area contributed by atoms with Crippen molar-refractivity contribution >= 4 is 0 Å². The van der Waals surface area contributed by atoms with Crippen LogP contribution in [0.2, 0.25) is 0 Å². The molecule has 0 spiro atoms. The van der Waals surface area contributed by atoms with Crippen LogP contribution < -0.4 is 0 Å². The lowest BCUT2D eigenvalue weighted by Gasteiger charge is -2.25. The minimum absolute atomic E-state index is 0.551. The number of benzene rings is 2. The molecule has 1 aliphatic rings. The van der Waals surface area contributed by atoms with Gasteiger partial charge in [0, 0.05) is 43.2 Å². The molecule has 1 fully saturated rings. The predicted molar refractivity (Wildman–Crippen MR) is 107 cm³/mol. The Balaban J connectivity index is 1.72. The van der Waals surface area contributed by atoms with Gasteiger partial charge in [0.15, 0.2) is 0 Å². The highest BCUT2D eigenvalue weighted by Gasteiger charge is 2.19. The zero-order chi connectivity index (χ0) is 18.2. The number of hydrogen-bond donors (Lipinski definition) is 0. The molecule has 2 aromatic carbocycles. The first-order chi connectivity index (χ1) is 12.7. The summed E-state index contributed by atoms with van der Waals surface area (Å²) in [5.74, 6) is 7.20. The maximum absolute atomic E-state index is 5.82. The van der Waals surface area contributed by atoms with E-state index in [1.54, 1.807) is 0 Å². The first kappa shape index (κ1) is 18.7. The number of rotatable bonds is 4. The highest BCUT2D eigenvalue weighted by molar-refractivity contribution is 5.46. The van der Waals surface area contributed by atoms with Crippen LogP contribution in [-0.4, -0.2) is 56.7 Å². The van der Waals surface area contributed by atoms with Crippen LogP contribution in [0, 0.1) is 17.8 Å². The van der Waals surface area contributed by atoms with Crippen molar-refractivity contribution in [3.05, 3.63) is 71.3 Å². The lowest BCUT2D eigenvalue weighted by molar-refractivity contribution is 0.112. The predicted octanol–water partition coefficient (Wildman–Crippen LogP) is 3.10. The minimum atomic E-state index is 0.551. The SMILES string of the molecule is CN(C)CC1COCCN(Cc2ccccc2C#Cc2ccccc2)C1. The van der Waals surface area contributed by atoms with Gasteiger partial charge < -0.3 is 9.64 Å². The van der Waals surface area contributed by atoms with E-state index >= 15 is 0 Å². The molecule has 0 aromatic heterocycles. The van der Waals surface area contributed by atoms with E-state index in [2.05, 4.69) is 60.0 Å². The molecule has 136 valence electrons. The molecule has 1 unspecified atom stereocenters. The van der Waals surface area contributed by atoms with Crippen molar-refractivity contribution < 1.29 is 4.74 Å². The highest BCUT2D eigenvalue weighted by atomic mass is 16.5. The molecule has 0 aliphatic carbocycles. The average molecular weight is 348 g/mol. The summed E-state index contributed by atoms with van der Waals surface area (Å²) in [5, 5.41) is 0. The summed E-state index contributed by atoms with van der Waals surface area (Å²) in [7, 11) is 4.26. The Morgan fingerprint density at radius 1 is 1.04 bits per heavy atom. The summed E-state index contributed by atoms with van der Waals surface area (Å²) < 4.78 is 5.82. The molecule has 1 aliphatic heterocycles. The van der Waals surface area contributed by atoms with Gasteiger partial charge in [-0.3, -0.25) is 4.90 Å². The number of nitrogens with zero attached hydrogens (tertiary/aromatic N) is 2. The van der Waals surface area contributed by atoms with Gasteiger partial charge in [-0.05, 0) is 37.9 Å². The Bertz CT molecular complexity index is 746. The molecular weight excluding hydrogens is 320 g/mol. The van der Waals surface area contributed by atoms with Crippen LogP contribution in [0.5, 0.6) is 0 Å². The Morgan fingerprint density at radius 3 is 2.62 bits per heavy atom. The van der Waals surface area contributed by atoms with E-state index in [1.165, 1.54) is 5.56 Å². The fourth-order valence-corrected chi connectivity index (χ4v) is 3.41. The largest absolute Gasteiger partial charge is 0.380 e. The zero-order valence-corrected chi connectivity index (χ0v) is 15.8. The van der Waals surface area contributed by atoms with Crippen molar-refractivity contribution in [3.63, 3.8) is 0 Å². The maximum Gasteiger partial charge on any atom is 0.0593 e. The molecule has 1 saturated heterocycles. The van der Waals surface area contributed by atoms with Gasteiger partial charge in [-0.25, -0.2) is 0 Å². The van der Waals surface area contributed by atoms with E-state index in [0.717, 1.165) is 50.5 Å². The summed E-state index contributed by atoms with van der Waals surface area (Å²) in [6, 6.07) is 18.7. The second kappa shape index (κ2) is 9.54. The fourth-order valence-electron chi connectivity index (χ4n) is 3.41. The Morgan fingerprint density at radius 2 is 1.81 bits per heavy atom. The normalized spacial score (nSPS) is 18.2. The third-order valence-corrected chi connectivity index (χ3v) is 4.57. The van der Waals surface area contributed by atoms with Gasteiger partial charge in [0.2, 0.25) is 0 Å². The molecule has 3 rings (SSSR count). The molecule has 0 N–H and O–H groups in total. The van der Waals surface area contributed by atoms with Crippen molar-refractivity contribution in [1.82, 2.24) is 9.80 Å². The molecule has 1 heterocycles. The van der Waals surface area contributed by atoms with Crippen LogP contribution in [-0.2, 0) is 11.3 Å².